The fraction of sp³-hybridized carbons (Fsp3) is 0.208. The Morgan fingerprint density at radius 3 is 2.53 bits per heavy atom. The molecule has 4 amide bonds. The van der Waals surface area contributed by atoms with Crippen molar-refractivity contribution in [3.05, 3.63) is 71.2 Å². The number of fused-ring (bicyclic) bond motifs is 1. The number of benzene rings is 2. The van der Waals surface area contributed by atoms with E-state index in [1.807, 2.05) is 0 Å². The van der Waals surface area contributed by atoms with Gasteiger partial charge in [0, 0.05) is 17.7 Å². The molecule has 1 aromatic heterocycles. The Hall–Kier alpha value is -4.48. The van der Waals surface area contributed by atoms with Crippen molar-refractivity contribution in [2.24, 2.45) is 0 Å². The third-order valence-electron chi connectivity index (χ3n) is 5.95. The number of hydrogen-bond donors (Lipinski definition) is 2. The lowest BCUT2D eigenvalue weighted by atomic mass is 10.0. The fourth-order valence-corrected chi connectivity index (χ4v) is 4.29. The monoisotopic (exact) mass is 498 g/mol. The summed E-state index contributed by atoms with van der Waals surface area (Å²) in [7, 11) is 0. The number of nitrogens with one attached hydrogen (secondary N) is 2. The van der Waals surface area contributed by atoms with Crippen molar-refractivity contribution in [2.75, 3.05) is 5.32 Å². The van der Waals surface area contributed by atoms with Crippen molar-refractivity contribution >= 4 is 29.3 Å². The molecule has 36 heavy (non-hydrogen) atoms. The zero-order chi connectivity index (χ0) is 25.6. The normalized spacial score (nSPS) is 17.9. The molecular formula is C24H17F3N4O5. The molecule has 3 aromatic rings. The van der Waals surface area contributed by atoms with E-state index in [9.17, 15) is 32.3 Å². The summed E-state index contributed by atoms with van der Waals surface area (Å²) in [6, 6.07) is 8.38. The van der Waals surface area contributed by atoms with Crippen LogP contribution in [0.5, 0.6) is 0 Å². The second-order valence-electron chi connectivity index (χ2n) is 8.19. The Bertz CT molecular complexity index is 1410. The van der Waals surface area contributed by atoms with E-state index >= 15 is 0 Å². The molecule has 1 unspecified atom stereocenters. The van der Waals surface area contributed by atoms with Crippen LogP contribution in [0.15, 0.2) is 53.1 Å². The summed E-state index contributed by atoms with van der Waals surface area (Å²) in [5.74, 6) is -2.57. The van der Waals surface area contributed by atoms with Gasteiger partial charge in [-0.05, 0) is 24.6 Å². The van der Waals surface area contributed by atoms with E-state index < -0.39 is 41.4 Å². The van der Waals surface area contributed by atoms with Gasteiger partial charge in [-0.15, -0.1) is 0 Å². The quantitative estimate of drug-likeness (QED) is 0.518. The molecule has 1 saturated heterocycles. The molecule has 184 valence electrons. The maximum atomic E-state index is 13.3. The van der Waals surface area contributed by atoms with Crippen LogP contribution in [-0.4, -0.2) is 39.6 Å². The number of carbonyl (C=O) groups excluding carboxylic acids is 4. The lowest BCUT2D eigenvalue weighted by molar-refractivity contribution is -0.137. The van der Waals surface area contributed by atoms with Crippen LogP contribution in [-0.2, 0) is 22.3 Å². The standard InChI is InChI=1S/C24H17F3N4O5/c25-24(26,27)14-6-2-1-4-12(14)17-10-29-19(36-17)11-28-15-7-3-5-13-20(15)23(35)31(22(13)34)16-8-9-18(32)30-21(16)33/h1-7,10,16,28H,8-9,11H2,(H,30,32,33). The molecule has 2 aromatic carbocycles. The van der Waals surface area contributed by atoms with Gasteiger partial charge in [-0.2, -0.15) is 13.2 Å². The van der Waals surface area contributed by atoms with Crippen LogP contribution < -0.4 is 10.6 Å². The summed E-state index contributed by atoms with van der Waals surface area (Å²) in [6.07, 6.45) is -3.37. The van der Waals surface area contributed by atoms with E-state index in [1.165, 1.54) is 30.5 Å². The highest BCUT2D eigenvalue weighted by Crippen LogP contribution is 2.37. The van der Waals surface area contributed by atoms with Gasteiger partial charge in [0.1, 0.15) is 6.04 Å². The van der Waals surface area contributed by atoms with E-state index in [4.69, 9.17) is 4.42 Å². The van der Waals surface area contributed by atoms with E-state index in [2.05, 4.69) is 15.6 Å². The topological polar surface area (TPSA) is 122 Å². The van der Waals surface area contributed by atoms with Crippen LogP contribution in [0.1, 0.15) is 45.0 Å². The van der Waals surface area contributed by atoms with Crippen LogP contribution in [0.25, 0.3) is 11.3 Å². The number of nitrogens with zero attached hydrogens (tertiary/aromatic N) is 2. The van der Waals surface area contributed by atoms with Crippen molar-refractivity contribution in [3.63, 3.8) is 0 Å². The van der Waals surface area contributed by atoms with Crippen LogP contribution in [0.4, 0.5) is 18.9 Å². The minimum atomic E-state index is -4.58. The first-order valence-corrected chi connectivity index (χ1v) is 10.8. The number of rotatable bonds is 5. The predicted octanol–water partition coefficient (Wildman–Crippen LogP) is 3.37. The molecule has 0 bridgehead atoms. The number of piperidine rings is 1. The third-order valence-corrected chi connectivity index (χ3v) is 5.95. The van der Waals surface area contributed by atoms with Gasteiger partial charge in [0.05, 0.1) is 29.4 Å². The maximum absolute atomic E-state index is 13.3. The van der Waals surface area contributed by atoms with Crippen molar-refractivity contribution in [1.29, 1.82) is 0 Å². The predicted molar refractivity (Wildman–Crippen MR) is 117 cm³/mol. The number of anilines is 1. The lowest BCUT2D eigenvalue weighted by Gasteiger charge is -2.27. The number of carbonyl (C=O) groups is 4. The van der Waals surface area contributed by atoms with Crippen molar-refractivity contribution < 1.29 is 36.8 Å². The van der Waals surface area contributed by atoms with Gasteiger partial charge in [0.2, 0.25) is 17.7 Å². The highest BCUT2D eigenvalue weighted by molar-refractivity contribution is 6.25. The minimum Gasteiger partial charge on any atom is -0.439 e. The first-order chi connectivity index (χ1) is 17.1. The Morgan fingerprint density at radius 1 is 1.03 bits per heavy atom. The van der Waals surface area contributed by atoms with Crippen molar-refractivity contribution in [3.8, 4) is 11.3 Å². The Labute approximate surface area is 201 Å². The number of oxazole rings is 1. The molecule has 0 spiro atoms. The zero-order valence-corrected chi connectivity index (χ0v) is 18.4. The van der Waals surface area contributed by atoms with E-state index in [1.54, 1.807) is 12.1 Å². The van der Waals surface area contributed by atoms with Crippen LogP contribution in [0, 0.1) is 0 Å². The average molecular weight is 498 g/mol. The van der Waals surface area contributed by atoms with Crippen LogP contribution >= 0.6 is 0 Å². The van der Waals surface area contributed by atoms with Gasteiger partial charge in [-0.3, -0.25) is 29.4 Å². The summed E-state index contributed by atoms with van der Waals surface area (Å²) < 4.78 is 45.5. The molecule has 0 saturated carbocycles. The number of imide groups is 2. The summed E-state index contributed by atoms with van der Waals surface area (Å²) >= 11 is 0. The largest absolute Gasteiger partial charge is 0.439 e. The second kappa shape index (κ2) is 8.63. The molecule has 2 aliphatic rings. The Kier molecular flexibility index (Phi) is 5.58. The summed E-state index contributed by atoms with van der Waals surface area (Å²) in [6.45, 7) is -0.0927. The SMILES string of the molecule is O=C1CCC(N2C(=O)c3cccc(NCc4ncc(-c5ccccc5C(F)(F)F)o4)c3C2=O)C(=O)N1. The molecule has 0 radical (unpaired) electrons. The highest BCUT2D eigenvalue weighted by atomic mass is 19.4. The van der Waals surface area contributed by atoms with Crippen LogP contribution in [0.2, 0.25) is 0 Å². The number of amides is 4. The van der Waals surface area contributed by atoms with Crippen molar-refractivity contribution in [1.82, 2.24) is 15.2 Å². The molecule has 12 heteroatoms. The number of hydrogen-bond acceptors (Lipinski definition) is 7. The van der Waals surface area contributed by atoms with E-state index in [-0.39, 0.29) is 53.4 Å². The molecule has 2 N–H and O–H groups in total. The first-order valence-electron chi connectivity index (χ1n) is 10.8. The molecule has 3 heterocycles. The number of halogens is 3. The molecule has 1 atom stereocenters. The zero-order valence-electron chi connectivity index (χ0n) is 18.4. The molecular weight excluding hydrogens is 481 g/mol. The molecule has 1 fully saturated rings. The fourth-order valence-electron chi connectivity index (χ4n) is 4.29. The average Bonchev–Trinajstić information content (AvgIpc) is 3.41. The first kappa shape index (κ1) is 23.3. The number of aromatic nitrogens is 1. The van der Waals surface area contributed by atoms with Gasteiger partial charge in [-0.25, -0.2) is 4.98 Å². The smallest absolute Gasteiger partial charge is 0.417 e. The maximum Gasteiger partial charge on any atom is 0.417 e. The summed E-state index contributed by atoms with van der Waals surface area (Å²) in [5, 5.41) is 5.06. The van der Waals surface area contributed by atoms with E-state index in [0.717, 1.165) is 11.0 Å². The van der Waals surface area contributed by atoms with Gasteiger partial charge in [0.15, 0.2) is 5.76 Å². The third kappa shape index (κ3) is 4.00. The molecule has 9 nitrogen and oxygen atoms in total. The Balaban J connectivity index is 1.37. The van der Waals surface area contributed by atoms with E-state index in [0.29, 0.717) is 0 Å². The highest BCUT2D eigenvalue weighted by Gasteiger charge is 2.45. The second-order valence-corrected chi connectivity index (χ2v) is 8.19. The van der Waals surface area contributed by atoms with Crippen molar-refractivity contribution in [2.45, 2.75) is 31.6 Å². The summed E-state index contributed by atoms with van der Waals surface area (Å²) in [4.78, 5) is 54.6. The minimum absolute atomic E-state index is 0.00111. The Morgan fingerprint density at radius 2 is 1.78 bits per heavy atom. The van der Waals surface area contributed by atoms with Crippen LogP contribution in [0.3, 0.4) is 0 Å². The van der Waals surface area contributed by atoms with Gasteiger partial charge >= 0.3 is 6.18 Å². The van der Waals surface area contributed by atoms with Gasteiger partial charge in [-0.1, -0.05) is 24.3 Å². The molecule has 5 rings (SSSR count). The number of alkyl halides is 3. The molecule has 2 aliphatic heterocycles. The summed E-state index contributed by atoms with van der Waals surface area (Å²) in [5.41, 5.74) is -0.636. The molecule has 0 aliphatic carbocycles. The lowest BCUT2D eigenvalue weighted by Crippen LogP contribution is -2.54. The van der Waals surface area contributed by atoms with Gasteiger partial charge < -0.3 is 9.73 Å². The van der Waals surface area contributed by atoms with Gasteiger partial charge in [0.25, 0.3) is 11.8 Å².